The van der Waals surface area contributed by atoms with Crippen molar-refractivity contribution in [2.75, 3.05) is 18.6 Å². The predicted octanol–water partition coefficient (Wildman–Crippen LogP) is 1.55. The van der Waals surface area contributed by atoms with Crippen molar-refractivity contribution in [3.63, 3.8) is 0 Å². The molecule has 1 aromatic carbocycles. The number of halogens is 3. The monoisotopic (exact) mass is 302 g/mol. The average Bonchev–Trinajstić information content (AvgIpc) is 2.79. The van der Waals surface area contributed by atoms with Crippen molar-refractivity contribution in [1.82, 2.24) is 0 Å². The van der Waals surface area contributed by atoms with Crippen molar-refractivity contribution < 1.29 is 27.5 Å². The van der Waals surface area contributed by atoms with Gasteiger partial charge in [-0.05, 0) is 18.2 Å². The Bertz CT molecular complexity index is 587. The number of methoxy groups -OCH3 is 1. The number of nitrogens with two attached hydrogens (primary N) is 1. The van der Waals surface area contributed by atoms with E-state index in [1.807, 2.05) is 0 Å². The molecule has 5 nitrogen and oxygen atoms in total. The number of hydrogen-bond acceptors (Lipinski definition) is 3. The molecule has 1 heterocycles. The van der Waals surface area contributed by atoms with Crippen molar-refractivity contribution in [3.05, 3.63) is 23.8 Å². The number of amides is 2. The third-order valence-corrected chi connectivity index (χ3v) is 3.33. The lowest BCUT2D eigenvalue weighted by atomic mass is 10.1. The van der Waals surface area contributed by atoms with Gasteiger partial charge in [-0.1, -0.05) is 0 Å². The lowest BCUT2D eigenvalue weighted by Gasteiger charge is -2.22. The van der Waals surface area contributed by atoms with Crippen LogP contribution in [-0.2, 0) is 15.8 Å². The number of alkyl halides is 3. The number of nitrogens with zero attached hydrogens (tertiary/aromatic N) is 1. The van der Waals surface area contributed by atoms with Gasteiger partial charge in [0, 0.05) is 13.0 Å². The molecule has 2 amide bonds. The van der Waals surface area contributed by atoms with Crippen LogP contribution in [-0.4, -0.2) is 25.5 Å². The molecule has 1 aliphatic heterocycles. The molecule has 1 atom stereocenters. The largest absolute Gasteiger partial charge is 0.497 e. The smallest absolute Gasteiger partial charge is 0.418 e. The molecule has 1 aromatic rings. The fourth-order valence-electron chi connectivity index (χ4n) is 2.24. The summed E-state index contributed by atoms with van der Waals surface area (Å²) >= 11 is 0. The number of carbonyl (C=O) groups excluding carboxylic acids is 2. The summed E-state index contributed by atoms with van der Waals surface area (Å²) in [6, 6.07) is 3.30. The second-order valence-electron chi connectivity index (χ2n) is 4.69. The van der Waals surface area contributed by atoms with Crippen molar-refractivity contribution in [1.29, 1.82) is 0 Å². The van der Waals surface area contributed by atoms with Gasteiger partial charge in [0.05, 0.1) is 24.3 Å². The highest BCUT2D eigenvalue weighted by Crippen LogP contribution is 2.40. The number of carbonyl (C=O) groups is 2. The lowest BCUT2D eigenvalue weighted by molar-refractivity contribution is -0.137. The molecular weight excluding hydrogens is 289 g/mol. The molecule has 0 radical (unpaired) electrons. The maximum absolute atomic E-state index is 13.1. The Balaban J connectivity index is 2.44. The second-order valence-corrected chi connectivity index (χ2v) is 4.69. The van der Waals surface area contributed by atoms with Crippen molar-refractivity contribution in [3.8, 4) is 5.75 Å². The molecule has 0 bridgehead atoms. The Morgan fingerprint density at radius 3 is 2.57 bits per heavy atom. The number of primary amides is 1. The van der Waals surface area contributed by atoms with E-state index in [1.165, 1.54) is 13.2 Å². The van der Waals surface area contributed by atoms with Crippen molar-refractivity contribution >= 4 is 17.5 Å². The molecule has 0 aromatic heterocycles. The van der Waals surface area contributed by atoms with E-state index in [9.17, 15) is 22.8 Å². The average molecular weight is 302 g/mol. The van der Waals surface area contributed by atoms with Gasteiger partial charge in [-0.25, -0.2) is 0 Å². The molecular formula is C13H13F3N2O3. The number of anilines is 1. The minimum atomic E-state index is -4.64. The van der Waals surface area contributed by atoms with Crippen LogP contribution in [0.25, 0.3) is 0 Å². The van der Waals surface area contributed by atoms with Crippen LogP contribution in [0.15, 0.2) is 18.2 Å². The van der Waals surface area contributed by atoms with Gasteiger partial charge in [0.2, 0.25) is 11.8 Å². The summed E-state index contributed by atoms with van der Waals surface area (Å²) in [6.45, 7) is -0.149. The topological polar surface area (TPSA) is 72.6 Å². The van der Waals surface area contributed by atoms with Crippen LogP contribution >= 0.6 is 0 Å². The van der Waals surface area contributed by atoms with Crippen LogP contribution in [0.5, 0.6) is 5.75 Å². The maximum atomic E-state index is 13.1. The Labute approximate surface area is 118 Å². The summed E-state index contributed by atoms with van der Waals surface area (Å²) in [5, 5.41) is 0. The first-order valence-electron chi connectivity index (χ1n) is 6.09. The van der Waals surface area contributed by atoms with E-state index in [-0.39, 0.29) is 24.4 Å². The Hall–Kier alpha value is -2.25. The first kappa shape index (κ1) is 15.1. The van der Waals surface area contributed by atoms with Crippen LogP contribution in [0.1, 0.15) is 12.0 Å². The minimum Gasteiger partial charge on any atom is -0.497 e. The zero-order valence-corrected chi connectivity index (χ0v) is 11.1. The Morgan fingerprint density at radius 1 is 1.43 bits per heavy atom. The summed E-state index contributed by atoms with van der Waals surface area (Å²) < 4.78 is 44.1. The number of rotatable bonds is 3. The van der Waals surface area contributed by atoms with Gasteiger partial charge < -0.3 is 15.4 Å². The molecule has 0 aliphatic carbocycles. The fraction of sp³-hybridized carbons (Fsp3) is 0.385. The van der Waals surface area contributed by atoms with Gasteiger partial charge in [-0.3, -0.25) is 9.59 Å². The van der Waals surface area contributed by atoms with Gasteiger partial charge in [0.15, 0.2) is 0 Å². The molecule has 1 aliphatic rings. The number of benzene rings is 1. The summed E-state index contributed by atoms with van der Waals surface area (Å²) in [5.41, 5.74) is 3.83. The molecule has 2 rings (SSSR count). The quantitative estimate of drug-likeness (QED) is 0.920. The fourth-order valence-corrected chi connectivity index (χ4v) is 2.24. The van der Waals surface area contributed by atoms with Crippen LogP contribution in [0.3, 0.4) is 0 Å². The Kier molecular flexibility index (Phi) is 3.80. The molecule has 0 saturated carbocycles. The summed E-state index contributed by atoms with van der Waals surface area (Å²) in [4.78, 5) is 23.9. The zero-order valence-electron chi connectivity index (χ0n) is 11.1. The van der Waals surface area contributed by atoms with E-state index in [4.69, 9.17) is 10.5 Å². The molecule has 1 saturated heterocycles. The number of hydrogen-bond donors (Lipinski definition) is 1. The number of ether oxygens (including phenoxy) is 1. The summed E-state index contributed by atoms with van der Waals surface area (Å²) in [7, 11) is 1.25. The highest BCUT2D eigenvalue weighted by molar-refractivity contribution is 6.00. The first-order chi connectivity index (χ1) is 9.74. The van der Waals surface area contributed by atoms with E-state index in [2.05, 4.69) is 0 Å². The SMILES string of the molecule is COc1ccc(N2CC(C(N)=O)CC2=O)c(C(F)(F)F)c1. The third kappa shape index (κ3) is 2.93. The molecule has 2 N–H and O–H groups in total. The Morgan fingerprint density at radius 2 is 2.10 bits per heavy atom. The predicted molar refractivity (Wildman–Crippen MR) is 67.7 cm³/mol. The minimum absolute atomic E-state index is 0.0316. The van der Waals surface area contributed by atoms with Gasteiger partial charge in [-0.15, -0.1) is 0 Å². The van der Waals surface area contributed by atoms with Crippen molar-refractivity contribution in [2.24, 2.45) is 11.7 Å². The van der Waals surface area contributed by atoms with E-state index in [1.54, 1.807) is 0 Å². The maximum Gasteiger partial charge on any atom is 0.418 e. The molecule has 21 heavy (non-hydrogen) atoms. The van der Waals surface area contributed by atoms with Crippen LogP contribution < -0.4 is 15.4 Å². The molecule has 1 unspecified atom stereocenters. The van der Waals surface area contributed by atoms with Gasteiger partial charge >= 0.3 is 6.18 Å². The zero-order chi connectivity index (χ0) is 15.8. The van der Waals surface area contributed by atoms with Crippen LogP contribution in [0, 0.1) is 5.92 Å². The summed E-state index contributed by atoms with van der Waals surface area (Å²) in [6.07, 6.45) is -4.83. The van der Waals surface area contributed by atoms with E-state index in [0.717, 1.165) is 17.0 Å². The highest BCUT2D eigenvalue weighted by atomic mass is 19.4. The third-order valence-electron chi connectivity index (χ3n) is 3.33. The highest BCUT2D eigenvalue weighted by Gasteiger charge is 2.40. The first-order valence-corrected chi connectivity index (χ1v) is 6.09. The van der Waals surface area contributed by atoms with Gasteiger partial charge in [0.25, 0.3) is 0 Å². The lowest BCUT2D eigenvalue weighted by Crippen LogP contribution is -2.30. The summed E-state index contributed by atoms with van der Waals surface area (Å²) in [5.74, 6) is -2.01. The standard InChI is InChI=1S/C13H13F3N2O3/c1-21-8-2-3-10(9(5-8)13(14,15)16)18-6-7(12(17)20)4-11(18)19/h2-3,5,7H,4,6H2,1H3,(H2,17,20). The molecule has 8 heteroatoms. The second kappa shape index (κ2) is 5.27. The van der Waals surface area contributed by atoms with Crippen molar-refractivity contribution in [2.45, 2.75) is 12.6 Å². The molecule has 1 fully saturated rings. The van der Waals surface area contributed by atoms with E-state index < -0.39 is 29.5 Å². The molecule has 114 valence electrons. The van der Waals surface area contributed by atoms with Gasteiger partial charge in [-0.2, -0.15) is 13.2 Å². The van der Waals surface area contributed by atoms with E-state index >= 15 is 0 Å². The van der Waals surface area contributed by atoms with Crippen LogP contribution in [0.4, 0.5) is 18.9 Å². The normalized spacial score (nSPS) is 19.0. The van der Waals surface area contributed by atoms with Gasteiger partial charge in [0.1, 0.15) is 5.75 Å². The van der Waals surface area contributed by atoms with E-state index in [0.29, 0.717) is 0 Å². The molecule has 0 spiro atoms. The van der Waals surface area contributed by atoms with Crippen LogP contribution in [0.2, 0.25) is 0 Å².